The maximum Gasteiger partial charge on any atom is 0.312 e. The average Bonchev–Trinajstić information content (AvgIpc) is 2.25. The van der Waals surface area contributed by atoms with E-state index in [1.807, 2.05) is 7.05 Å². The molecule has 0 saturated carbocycles. The minimum atomic E-state index is -0.584. The Balaban J connectivity index is 2.33. The number of ether oxygens (including phenoxy) is 1. The van der Waals surface area contributed by atoms with E-state index in [1.54, 1.807) is 25.7 Å². The van der Waals surface area contributed by atoms with Gasteiger partial charge in [-0.1, -0.05) is 0 Å². The average molecular weight is 241 g/mol. The predicted molar refractivity (Wildman–Crippen MR) is 63.9 cm³/mol. The van der Waals surface area contributed by atoms with Gasteiger partial charge in [0.2, 0.25) is 6.61 Å². The number of amides is 1. The second-order valence-corrected chi connectivity index (χ2v) is 5.40. The first-order valence-electron chi connectivity index (χ1n) is 5.82. The van der Waals surface area contributed by atoms with Gasteiger partial charge in [0.05, 0.1) is 5.41 Å². The Labute approximate surface area is 103 Å². The van der Waals surface area contributed by atoms with E-state index in [9.17, 15) is 9.59 Å². The third-order valence-corrected chi connectivity index (χ3v) is 2.69. The van der Waals surface area contributed by atoms with Crippen LogP contribution in [0.2, 0.25) is 0 Å². The number of rotatable bonds is 2. The number of piperazine rings is 1. The van der Waals surface area contributed by atoms with E-state index in [4.69, 9.17) is 4.74 Å². The zero-order chi connectivity index (χ0) is 13.1. The first-order chi connectivity index (χ1) is 7.80. The van der Waals surface area contributed by atoms with Crippen LogP contribution in [0.15, 0.2) is 0 Å². The summed E-state index contributed by atoms with van der Waals surface area (Å²) in [5.74, 6) is -0.615. The summed E-state index contributed by atoms with van der Waals surface area (Å²) < 4.78 is 4.88. The van der Waals surface area contributed by atoms with Crippen LogP contribution in [0.1, 0.15) is 20.8 Å². The molecule has 0 aromatic heterocycles. The van der Waals surface area contributed by atoms with Gasteiger partial charge in [-0.25, -0.2) is 0 Å². The van der Waals surface area contributed by atoms with E-state index < -0.39 is 5.41 Å². The molecule has 17 heavy (non-hydrogen) atoms. The Morgan fingerprint density at radius 1 is 1.12 bits per heavy atom. The molecule has 1 heterocycles. The fourth-order valence-corrected chi connectivity index (χ4v) is 1.38. The molecule has 5 nitrogen and oxygen atoms in total. The minimum Gasteiger partial charge on any atom is -0.447 e. The normalized spacial score (nSPS) is 18.0. The molecule has 1 rings (SSSR count). The van der Waals surface area contributed by atoms with Crippen LogP contribution in [0.5, 0.6) is 0 Å². The predicted octanol–water partition coefficient (Wildman–Crippen LogP) is 0.511. The Morgan fingerprint density at radius 2 is 1.65 bits per heavy atom. The molecule has 0 aromatic carbocycles. The van der Waals surface area contributed by atoms with Crippen LogP contribution in [0.4, 0.5) is 0 Å². The molecule has 1 fully saturated rings. The van der Waals surface area contributed by atoms with Gasteiger partial charge in [0.1, 0.15) is 0 Å². The molecule has 1 radical (unpaired) electrons. The highest BCUT2D eigenvalue weighted by Gasteiger charge is 2.26. The fraction of sp³-hybridized carbons (Fsp3) is 0.750. The van der Waals surface area contributed by atoms with Crippen molar-refractivity contribution >= 4 is 11.9 Å². The van der Waals surface area contributed by atoms with Crippen LogP contribution < -0.4 is 0 Å². The van der Waals surface area contributed by atoms with Crippen molar-refractivity contribution in [2.24, 2.45) is 5.41 Å². The molecular weight excluding hydrogens is 220 g/mol. The smallest absolute Gasteiger partial charge is 0.312 e. The molecule has 0 aliphatic carbocycles. The van der Waals surface area contributed by atoms with Gasteiger partial charge in [-0.2, -0.15) is 0 Å². The summed E-state index contributed by atoms with van der Waals surface area (Å²) in [5.41, 5.74) is -0.584. The lowest BCUT2D eigenvalue weighted by Gasteiger charge is -2.32. The molecule has 0 bridgehead atoms. The van der Waals surface area contributed by atoms with Crippen molar-refractivity contribution in [3.8, 4) is 0 Å². The van der Waals surface area contributed by atoms with Crippen LogP contribution in [-0.4, -0.2) is 54.9 Å². The molecule has 97 valence electrons. The molecule has 1 saturated heterocycles. The lowest BCUT2D eigenvalue weighted by molar-refractivity contribution is -0.154. The lowest BCUT2D eigenvalue weighted by Crippen LogP contribution is -2.47. The molecule has 0 aromatic rings. The number of carbonyl (C=O) groups excluding carboxylic acids is 2. The molecule has 0 atom stereocenters. The number of hydrogen-bond acceptors (Lipinski definition) is 4. The first kappa shape index (κ1) is 14.0. The van der Waals surface area contributed by atoms with Gasteiger partial charge in [0.15, 0.2) is 0 Å². The Kier molecular flexibility index (Phi) is 4.51. The van der Waals surface area contributed by atoms with Crippen molar-refractivity contribution < 1.29 is 14.3 Å². The van der Waals surface area contributed by atoms with Crippen LogP contribution in [0.25, 0.3) is 0 Å². The number of carbonyl (C=O) groups is 2. The number of esters is 1. The summed E-state index contributed by atoms with van der Waals surface area (Å²) in [5, 5.41) is 0. The molecular formula is C12H21N2O3. The number of nitrogens with zero attached hydrogens (tertiary/aromatic N) is 2. The van der Waals surface area contributed by atoms with Crippen LogP contribution in [0, 0.1) is 12.0 Å². The van der Waals surface area contributed by atoms with Crippen molar-refractivity contribution in [3.63, 3.8) is 0 Å². The summed E-state index contributed by atoms with van der Waals surface area (Å²) in [7, 11) is 2.02. The molecule has 0 unspecified atom stereocenters. The molecule has 1 aliphatic rings. The molecule has 0 N–H and O–H groups in total. The Hall–Kier alpha value is -1.10. The van der Waals surface area contributed by atoms with E-state index in [2.05, 4.69) is 4.90 Å². The molecule has 5 heteroatoms. The molecule has 0 spiro atoms. The van der Waals surface area contributed by atoms with Gasteiger partial charge in [0, 0.05) is 26.2 Å². The number of hydrogen-bond donors (Lipinski definition) is 0. The van der Waals surface area contributed by atoms with E-state index in [1.165, 1.54) is 0 Å². The monoisotopic (exact) mass is 241 g/mol. The van der Waals surface area contributed by atoms with Crippen LogP contribution in [0.3, 0.4) is 0 Å². The SMILES string of the molecule is CN1CCN(C(=O)[CH]OC(=O)C(C)(C)C)CC1. The van der Waals surface area contributed by atoms with Crippen molar-refractivity contribution in [2.75, 3.05) is 33.2 Å². The highest BCUT2D eigenvalue weighted by atomic mass is 16.5. The Bertz CT molecular complexity index is 289. The summed E-state index contributed by atoms with van der Waals surface area (Å²) in [6.45, 7) is 9.35. The van der Waals surface area contributed by atoms with Gasteiger partial charge in [0.25, 0.3) is 5.91 Å². The van der Waals surface area contributed by atoms with Crippen LogP contribution in [-0.2, 0) is 14.3 Å². The largest absolute Gasteiger partial charge is 0.447 e. The highest BCUT2D eigenvalue weighted by molar-refractivity contribution is 5.87. The zero-order valence-corrected chi connectivity index (χ0v) is 11.0. The van der Waals surface area contributed by atoms with Gasteiger partial charge >= 0.3 is 5.97 Å². The quantitative estimate of drug-likeness (QED) is 0.661. The molecule has 1 amide bonds. The minimum absolute atomic E-state index is 0.226. The van der Waals surface area contributed by atoms with E-state index >= 15 is 0 Å². The van der Waals surface area contributed by atoms with E-state index in [-0.39, 0.29) is 11.9 Å². The van der Waals surface area contributed by atoms with Crippen molar-refractivity contribution in [1.29, 1.82) is 0 Å². The fourth-order valence-electron chi connectivity index (χ4n) is 1.38. The summed E-state index contributed by atoms with van der Waals surface area (Å²) >= 11 is 0. The third-order valence-electron chi connectivity index (χ3n) is 2.69. The first-order valence-corrected chi connectivity index (χ1v) is 5.82. The summed E-state index contributed by atoms with van der Waals surface area (Å²) in [6.07, 6.45) is 0. The maximum atomic E-state index is 11.7. The topological polar surface area (TPSA) is 49.9 Å². The second-order valence-electron chi connectivity index (χ2n) is 5.40. The van der Waals surface area contributed by atoms with E-state index in [0.717, 1.165) is 19.7 Å². The maximum absolute atomic E-state index is 11.7. The van der Waals surface area contributed by atoms with Gasteiger partial charge < -0.3 is 14.5 Å². The van der Waals surface area contributed by atoms with Gasteiger partial charge in [-0.05, 0) is 27.8 Å². The van der Waals surface area contributed by atoms with Crippen LogP contribution >= 0.6 is 0 Å². The van der Waals surface area contributed by atoms with Gasteiger partial charge in [-0.3, -0.25) is 9.59 Å². The third kappa shape index (κ3) is 4.34. The highest BCUT2D eigenvalue weighted by Crippen LogP contribution is 2.16. The Morgan fingerprint density at radius 3 is 2.12 bits per heavy atom. The zero-order valence-electron chi connectivity index (χ0n) is 11.0. The van der Waals surface area contributed by atoms with Crippen molar-refractivity contribution in [2.45, 2.75) is 20.8 Å². The second kappa shape index (κ2) is 5.49. The molecule has 1 aliphatic heterocycles. The summed E-state index contributed by atoms with van der Waals surface area (Å²) in [4.78, 5) is 27.0. The van der Waals surface area contributed by atoms with E-state index in [0.29, 0.717) is 13.1 Å². The standard InChI is InChI=1S/C12H21N2O3/c1-12(2,3)11(16)17-9-10(15)14-7-5-13(4)6-8-14/h9H,5-8H2,1-4H3. The summed E-state index contributed by atoms with van der Waals surface area (Å²) in [6, 6.07) is 0. The lowest BCUT2D eigenvalue weighted by atomic mass is 9.97. The number of likely N-dealkylation sites (N-methyl/N-ethyl adjacent to an activating group) is 1. The van der Waals surface area contributed by atoms with Gasteiger partial charge in [-0.15, -0.1) is 0 Å². The van der Waals surface area contributed by atoms with Crippen molar-refractivity contribution in [3.05, 3.63) is 6.61 Å². The van der Waals surface area contributed by atoms with Crippen molar-refractivity contribution in [1.82, 2.24) is 9.80 Å².